The van der Waals surface area contributed by atoms with Crippen molar-refractivity contribution < 1.29 is 13.9 Å². The van der Waals surface area contributed by atoms with Gasteiger partial charge in [0, 0.05) is 11.6 Å². The number of para-hydroxylation sites is 1. The Balaban J connectivity index is 1.60. The van der Waals surface area contributed by atoms with E-state index in [0.717, 1.165) is 31.0 Å². The molecule has 0 spiro atoms. The third-order valence-corrected chi connectivity index (χ3v) is 6.33. The van der Waals surface area contributed by atoms with Gasteiger partial charge in [-0.15, -0.1) is 0 Å². The number of fused-ring (bicyclic) bond motifs is 1. The number of hydrogen-bond acceptors (Lipinski definition) is 6. The lowest BCUT2D eigenvalue weighted by atomic mass is 10.1. The maximum Gasteiger partial charge on any atom is 0.262 e. The van der Waals surface area contributed by atoms with Crippen LogP contribution in [0.3, 0.4) is 0 Å². The molecule has 2 aromatic heterocycles. The van der Waals surface area contributed by atoms with Crippen LogP contribution in [0.25, 0.3) is 33.6 Å². The number of methoxy groups -OCH3 is 1. The summed E-state index contributed by atoms with van der Waals surface area (Å²) in [6, 6.07) is 16.7. The van der Waals surface area contributed by atoms with Crippen molar-refractivity contribution in [3.63, 3.8) is 0 Å². The molecule has 0 aliphatic carbocycles. The first-order valence-electron chi connectivity index (χ1n) is 12.2. The maximum atomic E-state index is 13.8. The van der Waals surface area contributed by atoms with Crippen molar-refractivity contribution >= 4 is 16.8 Å². The number of furan rings is 1. The van der Waals surface area contributed by atoms with Gasteiger partial charge in [-0.05, 0) is 75.8 Å². The zero-order valence-corrected chi connectivity index (χ0v) is 20.8. The fraction of sp³-hybridized carbons (Fsp3) is 0.321. The van der Waals surface area contributed by atoms with Gasteiger partial charge in [0.2, 0.25) is 5.91 Å². The fourth-order valence-electron chi connectivity index (χ4n) is 4.45. The number of benzene rings is 2. The Labute approximate surface area is 209 Å². The third kappa shape index (κ3) is 4.77. The van der Waals surface area contributed by atoms with E-state index >= 15 is 0 Å². The number of likely N-dealkylation sites (tertiary alicyclic amines) is 1. The minimum atomic E-state index is -0.297. The summed E-state index contributed by atoms with van der Waals surface area (Å²) in [5.74, 6) is 2.29. The monoisotopic (exact) mass is 486 g/mol. The molecule has 4 aromatic rings. The normalized spacial score (nSPS) is 13.7. The quantitative estimate of drug-likeness (QED) is 0.404. The number of carbonyl (C=O) groups is 1. The summed E-state index contributed by atoms with van der Waals surface area (Å²) in [5, 5.41) is 3.28. The Morgan fingerprint density at radius 3 is 2.67 bits per heavy atom. The molecule has 0 atom stereocenters. The number of carbonyl (C=O) groups excluding carboxylic acids is 1. The van der Waals surface area contributed by atoms with E-state index in [1.165, 1.54) is 11.0 Å². The van der Waals surface area contributed by atoms with Gasteiger partial charge in [-0.3, -0.25) is 19.1 Å². The molecule has 1 saturated heterocycles. The highest BCUT2D eigenvalue weighted by Crippen LogP contribution is 2.30. The molecule has 8 heteroatoms. The second kappa shape index (κ2) is 9.99. The number of nitrogens with zero attached hydrogens (tertiary/aromatic N) is 3. The van der Waals surface area contributed by atoms with Crippen molar-refractivity contribution in [3.8, 4) is 28.5 Å². The van der Waals surface area contributed by atoms with Crippen LogP contribution < -0.4 is 15.6 Å². The predicted molar refractivity (Wildman–Crippen MR) is 139 cm³/mol. The third-order valence-electron chi connectivity index (χ3n) is 6.33. The molecule has 1 fully saturated rings. The van der Waals surface area contributed by atoms with E-state index in [-0.39, 0.29) is 24.1 Å². The first kappa shape index (κ1) is 23.8. The highest BCUT2D eigenvalue weighted by molar-refractivity contribution is 5.86. The van der Waals surface area contributed by atoms with Crippen molar-refractivity contribution in [3.05, 3.63) is 70.7 Å². The van der Waals surface area contributed by atoms with E-state index in [2.05, 4.69) is 10.2 Å². The van der Waals surface area contributed by atoms with Gasteiger partial charge in [-0.1, -0.05) is 12.1 Å². The van der Waals surface area contributed by atoms with E-state index in [1.54, 1.807) is 13.2 Å². The van der Waals surface area contributed by atoms with E-state index in [1.807, 2.05) is 62.4 Å². The Kier molecular flexibility index (Phi) is 6.61. The molecule has 0 radical (unpaired) electrons. The van der Waals surface area contributed by atoms with Crippen LogP contribution in [0, 0.1) is 0 Å². The van der Waals surface area contributed by atoms with Gasteiger partial charge < -0.3 is 14.5 Å². The molecule has 1 amide bonds. The van der Waals surface area contributed by atoms with Crippen LogP contribution in [0.15, 0.2) is 63.8 Å². The minimum absolute atomic E-state index is 0.0488. The molecule has 1 aliphatic rings. The van der Waals surface area contributed by atoms with Gasteiger partial charge in [-0.2, -0.15) is 0 Å². The van der Waals surface area contributed by atoms with Crippen LogP contribution in [0.4, 0.5) is 0 Å². The lowest BCUT2D eigenvalue weighted by Gasteiger charge is -2.29. The average Bonchev–Trinajstić information content (AvgIpc) is 3.31. The Morgan fingerprint density at radius 2 is 1.94 bits per heavy atom. The molecule has 0 unspecified atom stereocenters. The van der Waals surface area contributed by atoms with E-state index in [0.29, 0.717) is 33.8 Å². The van der Waals surface area contributed by atoms with Crippen molar-refractivity contribution in [2.75, 3.05) is 20.2 Å². The number of amides is 1. The van der Waals surface area contributed by atoms with E-state index in [9.17, 15) is 9.59 Å². The molecule has 3 heterocycles. The highest BCUT2D eigenvalue weighted by Gasteiger charge is 2.20. The second-order valence-electron chi connectivity index (χ2n) is 9.38. The largest absolute Gasteiger partial charge is 0.496 e. The summed E-state index contributed by atoms with van der Waals surface area (Å²) in [6.07, 6.45) is 1.23. The number of rotatable bonds is 8. The number of ether oxygens (including phenoxy) is 1. The van der Waals surface area contributed by atoms with Crippen LogP contribution >= 0.6 is 0 Å². The minimum Gasteiger partial charge on any atom is -0.496 e. The summed E-state index contributed by atoms with van der Waals surface area (Å²) in [7, 11) is 1.57. The van der Waals surface area contributed by atoms with Crippen molar-refractivity contribution in [1.29, 1.82) is 0 Å². The molecular formula is C28H30N4O4. The van der Waals surface area contributed by atoms with Crippen LogP contribution in [0.2, 0.25) is 0 Å². The molecule has 5 rings (SSSR count). The highest BCUT2D eigenvalue weighted by atomic mass is 16.5. The van der Waals surface area contributed by atoms with Crippen molar-refractivity contribution in [2.24, 2.45) is 0 Å². The molecule has 0 saturated carbocycles. The molecule has 0 bridgehead atoms. The van der Waals surface area contributed by atoms with Gasteiger partial charge in [0.25, 0.3) is 5.56 Å². The Morgan fingerprint density at radius 1 is 1.14 bits per heavy atom. The lowest BCUT2D eigenvalue weighted by Crippen LogP contribution is -2.37. The maximum absolute atomic E-state index is 13.8. The first-order valence-corrected chi connectivity index (χ1v) is 12.2. The SMILES string of the molecule is COc1ccccc1-c1nc2ccc(-c3ccc(CN4CCC4)o3)cc2c(=O)n1CC(=O)NC(C)C. The summed E-state index contributed by atoms with van der Waals surface area (Å²) in [5.41, 5.74) is 1.67. The van der Waals surface area contributed by atoms with Crippen molar-refractivity contribution in [1.82, 2.24) is 19.8 Å². The lowest BCUT2D eigenvalue weighted by molar-refractivity contribution is -0.122. The molecule has 1 aliphatic heterocycles. The zero-order valence-electron chi connectivity index (χ0n) is 20.8. The summed E-state index contributed by atoms with van der Waals surface area (Å²) in [4.78, 5) is 33.6. The number of nitrogens with one attached hydrogen (secondary N) is 1. The summed E-state index contributed by atoms with van der Waals surface area (Å²) >= 11 is 0. The molecule has 2 aromatic carbocycles. The zero-order chi connectivity index (χ0) is 25.2. The molecule has 1 N–H and O–H groups in total. The van der Waals surface area contributed by atoms with Gasteiger partial charge in [0.05, 0.1) is 30.1 Å². The molecule has 186 valence electrons. The summed E-state index contributed by atoms with van der Waals surface area (Å²) in [6.45, 7) is 6.58. The second-order valence-corrected chi connectivity index (χ2v) is 9.38. The molecular weight excluding hydrogens is 456 g/mol. The Bertz CT molecular complexity index is 1470. The summed E-state index contributed by atoms with van der Waals surface area (Å²) < 4.78 is 13.0. The number of aromatic nitrogens is 2. The average molecular weight is 487 g/mol. The van der Waals surface area contributed by atoms with Crippen LogP contribution in [0.5, 0.6) is 5.75 Å². The van der Waals surface area contributed by atoms with E-state index < -0.39 is 0 Å². The number of hydrogen-bond donors (Lipinski definition) is 1. The van der Waals surface area contributed by atoms with Gasteiger partial charge >= 0.3 is 0 Å². The molecule has 36 heavy (non-hydrogen) atoms. The van der Waals surface area contributed by atoms with Crippen molar-refractivity contribution in [2.45, 2.75) is 39.4 Å². The Hall–Kier alpha value is -3.91. The van der Waals surface area contributed by atoms with Crippen LogP contribution in [-0.2, 0) is 17.9 Å². The van der Waals surface area contributed by atoms with Gasteiger partial charge in [-0.25, -0.2) is 4.98 Å². The molecule has 8 nitrogen and oxygen atoms in total. The standard InChI is InChI=1S/C28H30N4O4/c1-18(2)29-26(33)17-32-27(21-7-4-5-8-25(21)35-3)30-23-11-9-19(15-22(23)28(32)34)24-12-10-20(36-24)16-31-13-6-14-31/h4-5,7-12,15,18H,6,13-14,16-17H2,1-3H3,(H,29,33). The fourth-order valence-corrected chi connectivity index (χ4v) is 4.45. The van der Waals surface area contributed by atoms with E-state index in [4.69, 9.17) is 14.1 Å². The smallest absolute Gasteiger partial charge is 0.262 e. The van der Waals surface area contributed by atoms with Crippen LogP contribution in [-0.4, -0.2) is 46.6 Å². The van der Waals surface area contributed by atoms with Gasteiger partial charge in [0.15, 0.2) is 0 Å². The topological polar surface area (TPSA) is 89.6 Å². The van der Waals surface area contributed by atoms with Gasteiger partial charge in [0.1, 0.15) is 29.6 Å². The predicted octanol–water partition coefficient (Wildman–Crippen LogP) is 4.06. The first-order chi connectivity index (χ1) is 17.4. The van der Waals surface area contributed by atoms with Crippen LogP contribution in [0.1, 0.15) is 26.0 Å².